The third kappa shape index (κ3) is 5.26. The lowest BCUT2D eigenvalue weighted by molar-refractivity contribution is -0.155. The topological polar surface area (TPSA) is 78.9 Å². The van der Waals surface area contributed by atoms with Gasteiger partial charge in [-0.2, -0.15) is 21.6 Å². The van der Waals surface area contributed by atoms with E-state index in [0.29, 0.717) is 24.2 Å². The van der Waals surface area contributed by atoms with Crippen molar-refractivity contribution >= 4 is 16.1 Å². The van der Waals surface area contributed by atoms with E-state index >= 15 is 0 Å². The van der Waals surface area contributed by atoms with Crippen molar-refractivity contribution in [1.29, 1.82) is 0 Å². The number of esters is 1. The van der Waals surface area contributed by atoms with Gasteiger partial charge in [0.25, 0.3) is 0 Å². The molecule has 0 saturated heterocycles. The Morgan fingerprint density at radius 3 is 2.50 bits per heavy atom. The monoisotopic (exact) mass is 396 g/mol. The predicted octanol–water partition coefficient (Wildman–Crippen LogP) is 3.34. The predicted molar refractivity (Wildman–Crippen MR) is 85.2 cm³/mol. The van der Waals surface area contributed by atoms with Crippen molar-refractivity contribution in [2.75, 3.05) is 0 Å². The highest BCUT2D eigenvalue weighted by molar-refractivity contribution is 7.88. The molecule has 6 nitrogen and oxygen atoms in total. The summed E-state index contributed by atoms with van der Waals surface area (Å²) in [4.78, 5) is 11.7. The first kappa shape index (κ1) is 20.3. The SMILES string of the molecule is CC(C)(C)OC(=O)CCC1Cc2cc(OS(=O)(=O)C(F)(F)F)ccc2O1. The van der Waals surface area contributed by atoms with Gasteiger partial charge < -0.3 is 13.7 Å². The van der Waals surface area contributed by atoms with Crippen molar-refractivity contribution in [3.8, 4) is 11.5 Å². The molecular weight excluding hydrogens is 377 g/mol. The van der Waals surface area contributed by atoms with Crippen LogP contribution >= 0.6 is 0 Å². The Balaban J connectivity index is 1.96. The van der Waals surface area contributed by atoms with Gasteiger partial charge in [0.1, 0.15) is 23.2 Å². The van der Waals surface area contributed by atoms with Gasteiger partial charge in [0.2, 0.25) is 0 Å². The maximum absolute atomic E-state index is 12.4. The van der Waals surface area contributed by atoms with Gasteiger partial charge in [0.15, 0.2) is 0 Å². The molecule has 10 heteroatoms. The minimum Gasteiger partial charge on any atom is -0.490 e. The molecule has 2 rings (SSSR count). The molecule has 1 atom stereocenters. The minimum absolute atomic E-state index is 0.127. The summed E-state index contributed by atoms with van der Waals surface area (Å²) in [7, 11) is -5.72. The van der Waals surface area contributed by atoms with Crippen LogP contribution in [0.5, 0.6) is 11.5 Å². The van der Waals surface area contributed by atoms with E-state index in [0.717, 1.165) is 6.07 Å². The molecule has 26 heavy (non-hydrogen) atoms. The van der Waals surface area contributed by atoms with Gasteiger partial charge >= 0.3 is 21.6 Å². The van der Waals surface area contributed by atoms with E-state index in [-0.39, 0.29) is 18.5 Å². The number of rotatable bonds is 5. The molecule has 0 aromatic heterocycles. The number of carbonyl (C=O) groups excluding carboxylic acids is 1. The van der Waals surface area contributed by atoms with Crippen molar-refractivity contribution in [2.24, 2.45) is 0 Å². The number of carbonyl (C=O) groups is 1. The number of fused-ring (bicyclic) bond motifs is 1. The Kier molecular flexibility index (Phi) is 5.46. The van der Waals surface area contributed by atoms with Crippen LogP contribution in [-0.2, 0) is 26.1 Å². The summed E-state index contributed by atoms with van der Waals surface area (Å²) in [6, 6.07) is 3.61. The molecule has 1 aliphatic heterocycles. The quantitative estimate of drug-likeness (QED) is 0.432. The van der Waals surface area contributed by atoms with Crippen molar-refractivity contribution in [1.82, 2.24) is 0 Å². The Labute approximate surface area is 149 Å². The third-order valence-corrected chi connectivity index (χ3v) is 4.33. The molecule has 1 aromatic carbocycles. The van der Waals surface area contributed by atoms with E-state index in [2.05, 4.69) is 4.18 Å². The number of benzene rings is 1. The Bertz CT molecular complexity index is 780. The van der Waals surface area contributed by atoms with Gasteiger partial charge in [0.05, 0.1) is 0 Å². The van der Waals surface area contributed by atoms with Crippen molar-refractivity contribution in [2.45, 2.75) is 57.2 Å². The van der Waals surface area contributed by atoms with Crippen LogP contribution in [0.3, 0.4) is 0 Å². The summed E-state index contributed by atoms with van der Waals surface area (Å²) >= 11 is 0. The van der Waals surface area contributed by atoms with Crippen LogP contribution in [0.1, 0.15) is 39.2 Å². The van der Waals surface area contributed by atoms with Gasteiger partial charge in [-0.1, -0.05) is 0 Å². The third-order valence-electron chi connectivity index (χ3n) is 3.35. The maximum Gasteiger partial charge on any atom is 0.534 e. The average Bonchev–Trinajstić information content (AvgIpc) is 2.83. The molecule has 1 unspecified atom stereocenters. The fourth-order valence-electron chi connectivity index (χ4n) is 2.35. The molecule has 0 bridgehead atoms. The molecular formula is C16H19F3O6S. The summed E-state index contributed by atoms with van der Waals surface area (Å²) in [6.07, 6.45) is 0.455. The lowest BCUT2D eigenvalue weighted by Gasteiger charge is -2.20. The fourth-order valence-corrected chi connectivity index (χ4v) is 2.81. The Morgan fingerprint density at radius 1 is 1.27 bits per heavy atom. The lowest BCUT2D eigenvalue weighted by atomic mass is 10.1. The lowest BCUT2D eigenvalue weighted by Crippen LogP contribution is -2.28. The van der Waals surface area contributed by atoms with Gasteiger partial charge in [0, 0.05) is 18.4 Å². The number of hydrogen-bond acceptors (Lipinski definition) is 6. The molecule has 1 heterocycles. The highest BCUT2D eigenvalue weighted by atomic mass is 32.2. The number of halogens is 3. The molecule has 0 amide bonds. The zero-order chi connectivity index (χ0) is 19.8. The molecule has 0 fully saturated rings. The van der Waals surface area contributed by atoms with E-state index in [9.17, 15) is 26.4 Å². The van der Waals surface area contributed by atoms with Crippen LogP contribution in [0.4, 0.5) is 13.2 Å². The van der Waals surface area contributed by atoms with Crippen molar-refractivity contribution in [3.63, 3.8) is 0 Å². The second kappa shape index (κ2) is 6.98. The summed E-state index contributed by atoms with van der Waals surface area (Å²) < 4.78 is 74.1. The zero-order valence-electron chi connectivity index (χ0n) is 14.4. The van der Waals surface area contributed by atoms with Crippen LogP contribution in [0, 0.1) is 0 Å². The maximum atomic E-state index is 12.4. The van der Waals surface area contributed by atoms with Gasteiger partial charge in [-0.25, -0.2) is 0 Å². The average molecular weight is 396 g/mol. The Hall–Kier alpha value is -1.97. The first-order valence-electron chi connectivity index (χ1n) is 7.79. The number of alkyl halides is 3. The van der Waals surface area contributed by atoms with Crippen molar-refractivity contribution in [3.05, 3.63) is 23.8 Å². The van der Waals surface area contributed by atoms with Crippen LogP contribution in [0.15, 0.2) is 18.2 Å². The fraction of sp³-hybridized carbons (Fsp3) is 0.562. The molecule has 1 aromatic rings. The number of ether oxygens (including phenoxy) is 2. The van der Waals surface area contributed by atoms with Gasteiger partial charge in [-0.3, -0.25) is 4.79 Å². The minimum atomic E-state index is -5.72. The zero-order valence-corrected chi connectivity index (χ0v) is 15.2. The molecule has 1 aliphatic rings. The highest BCUT2D eigenvalue weighted by Crippen LogP contribution is 2.35. The first-order chi connectivity index (χ1) is 11.8. The van der Waals surface area contributed by atoms with Crippen LogP contribution in [0.25, 0.3) is 0 Å². The summed E-state index contributed by atoms with van der Waals surface area (Å²) in [5.74, 6) is -0.411. The van der Waals surface area contributed by atoms with Crippen LogP contribution in [0.2, 0.25) is 0 Å². The van der Waals surface area contributed by atoms with E-state index in [4.69, 9.17) is 9.47 Å². The second-order valence-electron chi connectivity index (χ2n) is 6.82. The standard InChI is InChI=1S/C16H19F3O6S/c1-15(2,3)24-14(20)7-5-11-8-10-9-12(4-6-13(10)23-11)25-26(21,22)16(17,18)19/h4,6,9,11H,5,7-8H2,1-3H3. The van der Waals surface area contributed by atoms with E-state index < -0.39 is 27.0 Å². The molecule has 0 N–H and O–H groups in total. The first-order valence-corrected chi connectivity index (χ1v) is 9.20. The summed E-state index contributed by atoms with van der Waals surface area (Å²) in [5.41, 5.74) is -5.58. The molecule has 0 saturated carbocycles. The van der Waals surface area contributed by atoms with E-state index in [1.54, 1.807) is 20.8 Å². The smallest absolute Gasteiger partial charge is 0.490 e. The molecule has 0 spiro atoms. The summed E-state index contributed by atoms with van der Waals surface area (Å²) in [6.45, 7) is 5.26. The molecule has 0 aliphatic carbocycles. The van der Waals surface area contributed by atoms with E-state index in [1.807, 2.05) is 0 Å². The van der Waals surface area contributed by atoms with Gasteiger partial charge in [-0.15, -0.1) is 0 Å². The van der Waals surface area contributed by atoms with Gasteiger partial charge in [-0.05, 0) is 45.4 Å². The normalized spacial score (nSPS) is 17.4. The molecule has 146 valence electrons. The number of hydrogen-bond donors (Lipinski definition) is 0. The van der Waals surface area contributed by atoms with Crippen LogP contribution < -0.4 is 8.92 Å². The Morgan fingerprint density at radius 2 is 1.92 bits per heavy atom. The van der Waals surface area contributed by atoms with E-state index in [1.165, 1.54) is 12.1 Å². The summed E-state index contributed by atoms with van der Waals surface area (Å²) in [5, 5.41) is 0. The van der Waals surface area contributed by atoms with Crippen molar-refractivity contribution < 1.29 is 40.0 Å². The largest absolute Gasteiger partial charge is 0.534 e. The highest BCUT2D eigenvalue weighted by Gasteiger charge is 2.48. The molecule has 0 radical (unpaired) electrons. The second-order valence-corrected chi connectivity index (χ2v) is 8.36. The van der Waals surface area contributed by atoms with Crippen LogP contribution in [-0.4, -0.2) is 31.6 Å².